The van der Waals surface area contributed by atoms with E-state index in [1.54, 1.807) is 24.4 Å². The van der Waals surface area contributed by atoms with Crippen molar-refractivity contribution in [1.82, 2.24) is 4.98 Å². The summed E-state index contributed by atoms with van der Waals surface area (Å²) in [6.45, 7) is 0. The van der Waals surface area contributed by atoms with Crippen molar-refractivity contribution >= 4 is 12.2 Å². The van der Waals surface area contributed by atoms with Crippen LogP contribution in [0.2, 0.25) is 0 Å². The first-order valence-corrected chi connectivity index (χ1v) is 5.32. The molecule has 0 N–H and O–H groups in total. The summed E-state index contributed by atoms with van der Waals surface area (Å²) < 4.78 is 37.0. The Bertz CT molecular complexity index is 527. The Kier molecular flexibility index (Phi) is 3.46. The molecule has 1 aromatic heterocycles. The standard InChI is InChI=1S/C14H10F3N/c15-14(16,17)12-7-4-11(5-8-12)6-9-13-3-1-2-10-18-13/h1-10H. The molecule has 0 amide bonds. The Balaban J connectivity index is 2.14. The lowest BCUT2D eigenvalue weighted by molar-refractivity contribution is -0.137. The highest BCUT2D eigenvalue weighted by molar-refractivity contribution is 5.67. The van der Waals surface area contributed by atoms with Crippen molar-refractivity contribution in [1.29, 1.82) is 0 Å². The molecule has 0 saturated heterocycles. The molecule has 92 valence electrons. The first kappa shape index (κ1) is 12.4. The first-order valence-electron chi connectivity index (χ1n) is 5.32. The molecule has 0 spiro atoms. The van der Waals surface area contributed by atoms with Crippen LogP contribution in [0, 0.1) is 0 Å². The van der Waals surface area contributed by atoms with Crippen LogP contribution >= 0.6 is 0 Å². The van der Waals surface area contributed by atoms with Crippen molar-refractivity contribution in [3.8, 4) is 0 Å². The molecule has 0 bridgehead atoms. The molecule has 1 aromatic carbocycles. The number of hydrogen-bond acceptors (Lipinski definition) is 1. The smallest absolute Gasteiger partial charge is 0.257 e. The molecular formula is C14H10F3N. The van der Waals surface area contributed by atoms with E-state index in [1.165, 1.54) is 12.1 Å². The quantitative estimate of drug-likeness (QED) is 0.774. The van der Waals surface area contributed by atoms with Gasteiger partial charge in [0.2, 0.25) is 0 Å². The van der Waals surface area contributed by atoms with Crippen LogP contribution in [0.3, 0.4) is 0 Å². The van der Waals surface area contributed by atoms with Crippen LogP contribution in [0.15, 0.2) is 48.7 Å². The molecule has 0 unspecified atom stereocenters. The SMILES string of the molecule is FC(F)(F)c1ccc(C=Cc2ccccn2)cc1. The Labute approximate surface area is 103 Å². The average Bonchev–Trinajstić information content (AvgIpc) is 2.37. The van der Waals surface area contributed by atoms with E-state index in [0.717, 1.165) is 17.8 Å². The van der Waals surface area contributed by atoms with Gasteiger partial charge in [-0.2, -0.15) is 13.2 Å². The maximum absolute atomic E-state index is 12.3. The molecule has 1 heterocycles. The zero-order valence-electron chi connectivity index (χ0n) is 9.35. The van der Waals surface area contributed by atoms with Crippen molar-refractivity contribution in [3.63, 3.8) is 0 Å². The summed E-state index contributed by atoms with van der Waals surface area (Å²) in [5.41, 5.74) is 0.823. The van der Waals surface area contributed by atoms with Gasteiger partial charge in [0.15, 0.2) is 0 Å². The molecule has 0 aliphatic carbocycles. The number of nitrogens with zero attached hydrogens (tertiary/aromatic N) is 1. The fraction of sp³-hybridized carbons (Fsp3) is 0.0714. The summed E-state index contributed by atoms with van der Waals surface area (Å²) in [7, 11) is 0. The number of aromatic nitrogens is 1. The third kappa shape index (κ3) is 3.20. The number of pyridine rings is 1. The lowest BCUT2D eigenvalue weighted by Crippen LogP contribution is -2.03. The molecule has 0 fully saturated rings. The van der Waals surface area contributed by atoms with Crippen molar-refractivity contribution in [2.45, 2.75) is 6.18 Å². The van der Waals surface area contributed by atoms with Crippen molar-refractivity contribution in [2.75, 3.05) is 0 Å². The number of halogens is 3. The van der Waals surface area contributed by atoms with Gasteiger partial charge < -0.3 is 0 Å². The van der Waals surface area contributed by atoms with Crippen LogP contribution in [0.25, 0.3) is 12.2 Å². The number of hydrogen-bond donors (Lipinski definition) is 0. The lowest BCUT2D eigenvalue weighted by atomic mass is 10.1. The van der Waals surface area contributed by atoms with Crippen LogP contribution in [0.5, 0.6) is 0 Å². The molecular weight excluding hydrogens is 239 g/mol. The van der Waals surface area contributed by atoms with Gasteiger partial charge in [0, 0.05) is 6.20 Å². The molecule has 0 aliphatic heterocycles. The summed E-state index contributed by atoms with van der Waals surface area (Å²) in [5.74, 6) is 0. The highest BCUT2D eigenvalue weighted by atomic mass is 19.4. The van der Waals surface area contributed by atoms with Gasteiger partial charge in [-0.15, -0.1) is 0 Å². The van der Waals surface area contributed by atoms with Gasteiger partial charge in [-0.05, 0) is 35.9 Å². The summed E-state index contributed by atoms with van der Waals surface area (Å²) in [5, 5.41) is 0. The molecule has 4 heteroatoms. The fourth-order valence-electron chi connectivity index (χ4n) is 1.44. The summed E-state index contributed by atoms with van der Waals surface area (Å²) in [6.07, 6.45) is 0.848. The highest BCUT2D eigenvalue weighted by Crippen LogP contribution is 2.29. The highest BCUT2D eigenvalue weighted by Gasteiger charge is 2.29. The van der Waals surface area contributed by atoms with Crippen LogP contribution in [0.4, 0.5) is 13.2 Å². The Hall–Kier alpha value is -2.10. The number of rotatable bonds is 2. The molecule has 0 atom stereocenters. The van der Waals surface area contributed by atoms with Crippen LogP contribution < -0.4 is 0 Å². The lowest BCUT2D eigenvalue weighted by Gasteiger charge is -2.05. The number of benzene rings is 1. The van der Waals surface area contributed by atoms with E-state index in [4.69, 9.17) is 0 Å². The summed E-state index contributed by atoms with van der Waals surface area (Å²) in [6, 6.07) is 10.5. The van der Waals surface area contributed by atoms with E-state index in [9.17, 15) is 13.2 Å². The molecule has 1 nitrogen and oxygen atoms in total. The zero-order valence-corrected chi connectivity index (χ0v) is 9.35. The Morgan fingerprint density at radius 2 is 1.61 bits per heavy atom. The van der Waals surface area contributed by atoms with Gasteiger partial charge in [0.1, 0.15) is 0 Å². The monoisotopic (exact) mass is 249 g/mol. The minimum atomic E-state index is -4.29. The van der Waals surface area contributed by atoms with E-state index in [-0.39, 0.29) is 0 Å². The average molecular weight is 249 g/mol. The molecule has 0 radical (unpaired) electrons. The van der Waals surface area contributed by atoms with Crippen LogP contribution in [-0.4, -0.2) is 4.98 Å². The van der Waals surface area contributed by atoms with Crippen LogP contribution in [0.1, 0.15) is 16.8 Å². The maximum Gasteiger partial charge on any atom is 0.416 e. The normalized spacial score (nSPS) is 11.9. The van der Waals surface area contributed by atoms with E-state index in [1.807, 2.05) is 12.1 Å². The molecule has 2 aromatic rings. The predicted octanol–water partition coefficient (Wildman–Crippen LogP) is 4.27. The van der Waals surface area contributed by atoms with E-state index >= 15 is 0 Å². The largest absolute Gasteiger partial charge is 0.416 e. The molecule has 2 rings (SSSR count). The Morgan fingerprint density at radius 3 is 2.17 bits per heavy atom. The topological polar surface area (TPSA) is 12.9 Å². The van der Waals surface area contributed by atoms with Gasteiger partial charge in [0.05, 0.1) is 11.3 Å². The van der Waals surface area contributed by atoms with Gasteiger partial charge in [-0.25, -0.2) is 0 Å². The number of alkyl halides is 3. The minimum absolute atomic E-state index is 0.641. The third-order valence-electron chi connectivity index (χ3n) is 2.37. The second-order valence-electron chi connectivity index (χ2n) is 3.71. The van der Waals surface area contributed by atoms with E-state index in [2.05, 4.69) is 4.98 Å². The maximum atomic E-state index is 12.3. The second-order valence-corrected chi connectivity index (χ2v) is 3.71. The summed E-state index contributed by atoms with van der Waals surface area (Å²) in [4.78, 5) is 4.08. The second kappa shape index (κ2) is 5.04. The Morgan fingerprint density at radius 1 is 0.889 bits per heavy atom. The van der Waals surface area contributed by atoms with E-state index < -0.39 is 11.7 Å². The van der Waals surface area contributed by atoms with Crippen molar-refractivity contribution in [3.05, 3.63) is 65.5 Å². The van der Waals surface area contributed by atoms with Crippen LogP contribution in [-0.2, 0) is 6.18 Å². The predicted molar refractivity (Wildman–Crippen MR) is 64.6 cm³/mol. The zero-order chi connectivity index (χ0) is 13.0. The molecule has 18 heavy (non-hydrogen) atoms. The van der Waals surface area contributed by atoms with Gasteiger partial charge in [0.25, 0.3) is 0 Å². The first-order chi connectivity index (χ1) is 8.55. The van der Waals surface area contributed by atoms with Gasteiger partial charge >= 0.3 is 6.18 Å². The fourth-order valence-corrected chi connectivity index (χ4v) is 1.44. The van der Waals surface area contributed by atoms with E-state index in [0.29, 0.717) is 5.56 Å². The van der Waals surface area contributed by atoms with Gasteiger partial charge in [-0.3, -0.25) is 4.98 Å². The van der Waals surface area contributed by atoms with Gasteiger partial charge in [-0.1, -0.05) is 24.3 Å². The van der Waals surface area contributed by atoms with Crippen molar-refractivity contribution < 1.29 is 13.2 Å². The van der Waals surface area contributed by atoms with Crippen molar-refractivity contribution in [2.24, 2.45) is 0 Å². The molecule has 0 saturated carbocycles. The summed E-state index contributed by atoms with van der Waals surface area (Å²) >= 11 is 0. The molecule has 0 aliphatic rings. The third-order valence-corrected chi connectivity index (χ3v) is 2.37. The minimum Gasteiger partial charge on any atom is -0.257 e.